The molecule has 1 aliphatic heterocycles. The zero-order chi connectivity index (χ0) is 24.4. The maximum absolute atomic E-state index is 12.7. The molecule has 8 nitrogen and oxygen atoms in total. The molecule has 9 heteroatoms. The minimum atomic E-state index is -3.57. The van der Waals surface area contributed by atoms with Gasteiger partial charge in [-0.15, -0.1) is 0 Å². The maximum atomic E-state index is 12.7. The lowest BCUT2D eigenvalue weighted by Gasteiger charge is -2.26. The van der Waals surface area contributed by atoms with Gasteiger partial charge in [-0.3, -0.25) is 0 Å². The van der Waals surface area contributed by atoms with Crippen LogP contribution in [0.25, 0.3) is 17.0 Å². The Balaban J connectivity index is 1.25. The summed E-state index contributed by atoms with van der Waals surface area (Å²) in [6, 6.07) is 11.6. The summed E-state index contributed by atoms with van der Waals surface area (Å²) in [5.41, 5.74) is 3.71. The fourth-order valence-corrected chi connectivity index (χ4v) is 5.87. The lowest BCUT2D eigenvalue weighted by atomic mass is 10.0. The van der Waals surface area contributed by atoms with E-state index in [4.69, 9.17) is 13.9 Å². The van der Waals surface area contributed by atoms with Crippen LogP contribution in [0.2, 0.25) is 0 Å². The van der Waals surface area contributed by atoms with Crippen LogP contribution in [0.5, 0.6) is 0 Å². The summed E-state index contributed by atoms with van der Waals surface area (Å²) < 4.78 is 42.8. The molecule has 0 bridgehead atoms. The molecular formula is C26H25NO7S. The normalized spacial score (nSPS) is 16.6. The van der Waals surface area contributed by atoms with Crippen molar-refractivity contribution in [1.82, 2.24) is 4.31 Å². The van der Waals surface area contributed by atoms with Crippen molar-refractivity contribution in [3.63, 3.8) is 0 Å². The fraction of sp³-hybridized carbons (Fsp3) is 0.308. The first kappa shape index (κ1) is 23.5. The molecule has 2 aliphatic rings. The number of nitrogens with zero attached hydrogens (tertiary/aromatic N) is 1. The largest absolute Gasteiger partial charge is 0.458 e. The molecule has 0 atom stereocenters. The number of esters is 1. The van der Waals surface area contributed by atoms with Gasteiger partial charge in [0.05, 0.1) is 18.1 Å². The van der Waals surface area contributed by atoms with Crippen LogP contribution in [0.3, 0.4) is 0 Å². The number of ether oxygens (including phenoxy) is 2. The molecule has 2 heterocycles. The second kappa shape index (κ2) is 9.77. The summed E-state index contributed by atoms with van der Waals surface area (Å²) in [5, 5.41) is 0.777. The van der Waals surface area contributed by atoms with Crippen LogP contribution < -0.4 is 5.63 Å². The predicted molar refractivity (Wildman–Crippen MR) is 129 cm³/mol. The molecule has 0 unspecified atom stereocenters. The third-order valence-electron chi connectivity index (χ3n) is 6.31. The maximum Gasteiger partial charge on any atom is 0.336 e. The second-order valence-electron chi connectivity index (χ2n) is 8.59. The summed E-state index contributed by atoms with van der Waals surface area (Å²) in [7, 11) is -3.57. The number of rotatable bonds is 6. The van der Waals surface area contributed by atoms with Crippen LogP contribution in [0, 0.1) is 0 Å². The van der Waals surface area contributed by atoms with Gasteiger partial charge in [0, 0.05) is 36.2 Å². The Hall–Kier alpha value is -3.27. The number of aryl methyl sites for hydroxylation is 2. The predicted octanol–water partition coefficient (Wildman–Crippen LogP) is 3.06. The molecular weight excluding hydrogens is 470 g/mol. The highest BCUT2D eigenvalue weighted by Crippen LogP contribution is 2.28. The summed E-state index contributed by atoms with van der Waals surface area (Å²) in [6.45, 7) is 1.37. The van der Waals surface area contributed by atoms with Crippen LogP contribution in [0.1, 0.15) is 28.7 Å². The van der Waals surface area contributed by atoms with Gasteiger partial charge in [0.25, 0.3) is 0 Å². The Morgan fingerprint density at radius 2 is 1.74 bits per heavy atom. The van der Waals surface area contributed by atoms with E-state index in [-0.39, 0.29) is 11.5 Å². The average molecular weight is 496 g/mol. The molecule has 2 aromatic carbocycles. The SMILES string of the molecule is O=C(/C=C/c1ccc(S(=O)(=O)N2CCOCC2)cc1)OCc1cc(=O)oc2cc3c(cc12)CCC3. The third kappa shape index (κ3) is 5.07. The Morgan fingerprint density at radius 1 is 1.03 bits per heavy atom. The molecule has 1 fully saturated rings. The van der Waals surface area contributed by atoms with E-state index in [0.717, 1.165) is 24.6 Å². The first-order chi connectivity index (χ1) is 16.9. The summed E-state index contributed by atoms with van der Waals surface area (Å²) in [5.74, 6) is -0.572. The van der Waals surface area contributed by atoms with E-state index in [0.29, 0.717) is 43.0 Å². The van der Waals surface area contributed by atoms with E-state index < -0.39 is 21.6 Å². The van der Waals surface area contributed by atoms with Gasteiger partial charge in [-0.1, -0.05) is 12.1 Å². The van der Waals surface area contributed by atoms with E-state index in [1.807, 2.05) is 12.1 Å². The molecule has 5 rings (SSSR count). The molecule has 3 aromatic rings. The minimum Gasteiger partial charge on any atom is -0.458 e. The Labute approximate surface area is 202 Å². The smallest absolute Gasteiger partial charge is 0.336 e. The van der Waals surface area contributed by atoms with Gasteiger partial charge < -0.3 is 13.9 Å². The zero-order valence-electron chi connectivity index (χ0n) is 19.1. The molecule has 0 saturated carbocycles. The molecule has 1 saturated heterocycles. The van der Waals surface area contributed by atoms with Crippen molar-refractivity contribution in [3.8, 4) is 0 Å². The highest BCUT2D eigenvalue weighted by Gasteiger charge is 2.26. The number of fused-ring (bicyclic) bond motifs is 2. The average Bonchev–Trinajstić information content (AvgIpc) is 3.33. The molecule has 1 aromatic heterocycles. The van der Waals surface area contributed by atoms with E-state index in [2.05, 4.69) is 0 Å². The third-order valence-corrected chi connectivity index (χ3v) is 8.23. The number of carbonyl (C=O) groups excluding carboxylic acids is 1. The van der Waals surface area contributed by atoms with Crippen LogP contribution >= 0.6 is 0 Å². The Bertz CT molecular complexity index is 1450. The zero-order valence-corrected chi connectivity index (χ0v) is 19.9. The van der Waals surface area contributed by atoms with Crippen molar-refractivity contribution in [2.75, 3.05) is 26.3 Å². The van der Waals surface area contributed by atoms with E-state index in [9.17, 15) is 18.0 Å². The topological polar surface area (TPSA) is 103 Å². The molecule has 0 radical (unpaired) electrons. The van der Waals surface area contributed by atoms with Crippen molar-refractivity contribution < 1.29 is 27.1 Å². The first-order valence-corrected chi connectivity index (χ1v) is 13.0. The van der Waals surface area contributed by atoms with Gasteiger partial charge >= 0.3 is 11.6 Å². The van der Waals surface area contributed by atoms with Crippen LogP contribution in [-0.4, -0.2) is 45.0 Å². The molecule has 182 valence electrons. The molecule has 0 spiro atoms. The fourth-order valence-electron chi connectivity index (χ4n) is 4.46. The van der Waals surface area contributed by atoms with Crippen molar-refractivity contribution in [2.45, 2.75) is 30.8 Å². The molecule has 35 heavy (non-hydrogen) atoms. The van der Waals surface area contributed by atoms with Gasteiger partial charge in [0.1, 0.15) is 12.2 Å². The number of carbonyl (C=O) groups is 1. The minimum absolute atomic E-state index is 0.0548. The van der Waals surface area contributed by atoms with Crippen molar-refractivity contribution in [2.24, 2.45) is 0 Å². The summed E-state index contributed by atoms with van der Waals surface area (Å²) >= 11 is 0. The lowest BCUT2D eigenvalue weighted by Crippen LogP contribution is -2.40. The van der Waals surface area contributed by atoms with E-state index >= 15 is 0 Å². The highest BCUT2D eigenvalue weighted by atomic mass is 32.2. The number of morpholine rings is 1. The van der Waals surface area contributed by atoms with Crippen molar-refractivity contribution >= 4 is 33.0 Å². The molecule has 0 amide bonds. The molecule has 1 aliphatic carbocycles. The van der Waals surface area contributed by atoms with E-state index in [1.54, 1.807) is 18.2 Å². The quantitative estimate of drug-likeness (QED) is 0.294. The lowest BCUT2D eigenvalue weighted by molar-refractivity contribution is -0.138. The van der Waals surface area contributed by atoms with Gasteiger partial charge in [-0.05, 0) is 66.3 Å². The van der Waals surface area contributed by atoms with Crippen LogP contribution in [0.4, 0.5) is 0 Å². The van der Waals surface area contributed by atoms with Crippen molar-refractivity contribution in [1.29, 1.82) is 0 Å². The van der Waals surface area contributed by atoms with Gasteiger partial charge in [-0.25, -0.2) is 18.0 Å². The van der Waals surface area contributed by atoms with Gasteiger partial charge in [0.15, 0.2) is 0 Å². The highest BCUT2D eigenvalue weighted by molar-refractivity contribution is 7.89. The summed E-state index contributed by atoms with van der Waals surface area (Å²) in [4.78, 5) is 24.5. The standard InChI is InChI=1S/C26H25NO7S/c28-25(9-6-18-4-7-22(8-5-18)35(30,31)27-10-12-32-13-11-27)33-17-21-16-26(29)34-24-15-20-3-1-2-19(20)14-23(21)24/h4-9,14-16H,1-3,10-13,17H2/b9-6+. The molecule has 0 N–H and O–H groups in total. The monoisotopic (exact) mass is 495 g/mol. The first-order valence-electron chi connectivity index (χ1n) is 11.5. The van der Waals surface area contributed by atoms with Crippen LogP contribution in [0.15, 0.2) is 62.6 Å². The van der Waals surface area contributed by atoms with Crippen LogP contribution in [-0.2, 0) is 43.7 Å². The Kier molecular flexibility index (Phi) is 6.55. The summed E-state index contributed by atoms with van der Waals surface area (Å²) in [6.07, 6.45) is 5.86. The number of sulfonamides is 1. The van der Waals surface area contributed by atoms with E-state index in [1.165, 1.54) is 39.7 Å². The number of hydrogen-bond acceptors (Lipinski definition) is 7. The van der Waals surface area contributed by atoms with Gasteiger partial charge in [0.2, 0.25) is 10.0 Å². The number of benzene rings is 2. The van der Waals surface area contributed by atoms with Crippen molar-refractivity contribution in [3.05, 3.63) is 81.2 Å². The second-order valence-corrected chi connectivity index (χ2v) is 10.5. The number of hydrogen-bond donors (Lipinski definition) is 0. The van der Waals surface area contributed by atoms with Gasteiger partial charge in [-0.2, -0.15) is 4.31 Å². The Morgan fingerprint density at radius 3 is 2.49 bits per heavy atom.